The number of hydrogen-bond donors (Lipinski definition) is 0. The van der Waals surface area contributed by atoms with Gasteiger partial charge in [0.2, 0.25) is 0 Å². The van der Waals surface area contributed by atoms with E-state index in [1.807, 2.05) is 0 Å². The van der Waals surface area contributed by atoms with Crippen molar-refractivity contribution in [1.29, 1.82) is 0 Å². The lowest BCUT2D eigenvalue weighted by Crippen LogP contribution is -1.91. The van der Waals surface area contributed by atoms with Gasteiger partial charge in [-0.15, -0.1) is 11.8 Å². The third-order valence-corrected chi connectivity index (χ3v) is 1.86. The van der Waals surface area contributed by atoms with Gasteiger partial charge in [0.15, 0.2) is 0 Å². The molecule has 12 heavy (non-hydrogen) atoms. The Balaban J connectivity index is 3.64. The van der Waals surface area contributed by atoms with Crippen LogP contribution in [0, 0.1) is 36.0 Å². The minimum absolute atomic E-state index is 0.485. The molecular formula is C12H17. The summed E-state index contributed by atoms with van der Waals surface area (Å²) >= 11 is 0. The van der Waals surface area contributed by atoms with Crippen molar-refractivity contribution in [1.82, 2.24) is 0 Å². The summed E-state index contributed by atoms with van der Waals surface area (Å²) in [5.74, 6) is 9.73. The molecule has 1 radical (unpaired) electrons. The molecular weight excluding hydrogens is 144 g/mol. The minimum Gasteiger partial charge on any atom is -0.103 e. The Hall–Kier alpha value is -0.880. The van der Waals surface area contributed by atoms with Crippen LogP contribution in [0.3, 0.4) is 0 Å². The predicted octanol–water partition coefficient (Wildman–Crippen LogP) is 3.04. The second kappa shape index (κ2) is 6.81. The van der Waals surface area contributed by atoms with Crippen molar-refractivity contribution >= 4 is 0 Å². The van der Waals surface area contributed by atoms with Gasteiger partial charge in [-0.25, -0.2) is 0 Å². The molecule has 0 amide bonds. The van der Waals surface area contributed by atoms with Crippen LogP contribution in [-0.2, 0) is 0 Å². The first-order valence-corrected chi connectivity index (χ1v) is 4.58. The molecule has 0 fully saturated rings. The molecule has 0 heterocycles. The van der Waals surface area contributed by atoms with Crippen LogP contribution in [-0.4, -0.2) is 0 Å². The van der Waals surface area contributed by atoms with Crippen LogP contribution in [0.1, 0.15) is 40.0 Å². The van der Waals surface area contributed by atoms with E-state index in [4.69, 9.17) is 6.42 Å². The van der Waals surface area contributed by atoms with E-state index in [-0.39, 0.29) is 0 Å². The number of rotatable bonds is 3. The maximum Gasteiger partial charge on any atom is 0.0171 e. The first-order chi connectivity index (χ1) is 5.70. The van der Waals surface area contributed by atoms with E-state index in [1.54, 1.807) is 0 Å². The van der Waals surface area contributed by atoms with Crippen LogP contribution in [0.25, 0.3) is 0 Å². The van der Waals surface area contributed by atoms with E-state index in [2.05, 4.69) is 38.5 Å². The lowest BCUT2D eigenvalue weighted by Gasteiger charge is -2.00. The minimum atomic E-state index is 0.485. The van der Waals surface area contributed by atoms with Gasteiger partial charge < -0.3 is 0 Å². The lowest BCUT2D eigenvalue weighted by atomic mass is 10.0. The molecule has 0 aromatic heterocycles. The highest BCUT2D eigenvalue weighted by atomic mass is 14.0. The van der Waals surface area contributed by atoms with Crippen molar-refractivity contribution in [3.8, 4) is 17.8 Å². The summed E-state index contributed by atoms with van der Waals surface area (Å²) in [4.78, 5) is 0. The molecule has 0 nitrogen and oxygen atoms in total. The predicted molar refractivity (Wildman–Crippen MR) is 52.8 cm³/mol. The van der Waals surface area contributed by atoms with E-state index >= 15 is 0 Å². The van der Waals surface area contributed by atoms with Gasteiger partial charge in [-0.3, -0.25) is 0 Å². The van der Waals surface area contributed by atoms with Crippen LogP contribution >= 0.6 is 0 Å². The molecule has 0 aromatic carbocycles. The zero-order valence-corrected chi connectivity index (χ0v) is 8.28. The zero-order chi connectivity index (χ0) is 9.40. The molecule has 0 aliphatic carbocycles. The fourth-order valence-corrected chi connectivity index (χ4v) is 0.756. The van der Waals surface area contributed by atoms with Crippen molar-refractivity contribution < 1.29 is 0 Å². The summed E-state index contributed by atoms with van der Waals surface area (Å²) in [6, 6.07) is 0. The standard InChI is InChI=1S/C12H17/c1-5-8-12(4)10-7-9-11(3)6-2/h11-12H,6,8,10H2,2-4H3. The van der Waals surface area contributed by atoms with Crippen LogP contribution in [0.15, 0.2) is 0 Å². The molecule has 0 heteroatoms. The molecule has 0 spiro atoms. The fourth-order valence-electron chi connectivity index (χ4n) is 0.756. The molecule has 0 saturated carbocycles. The van der Waals surface area contributed by atoms with Gasteiger partial charge in [0, 0.05) is 18.8 Å². The Bertz CT molecular complexity index is 196. The Labute approximate surface area is 76.8 Å². The summed E-state index contributed by atoms with van der Waals surface area (Å²) in [6.45, 7) is 6.39. The Kier molecular flexibility index (Phi) is 6.31. The smallest absolute Gasteiger partial charge is 0.0171 e. The summed E-state index contributed by atoms with van der Waals surface area (Å²) in [7, 11) is 0. The summed E-state index contributed by atoms with van der Waals surface area (Å²) < 4.78 is 0. The monoisotopic (exact) mass is 161 g/mol. The molecule has 2 unspecified atom stereocenters. The van der Waals surface area contributed by atoms with Gasteiger partial charge in [0.05, 0.1) is 0 Å². The first kappa shape index (κ1) is 11.1. The second-order valence-electron chi connectivity index (χ2n) is 3.32. The SMILES string of the molecule is [C]#CCC(C)CC#CC(C)CC. The number of hydrogen-bond acceptors (Lipinski definition) is 0. The summed E-state index contributed by atoms with van der Waals surface area (Å²) in [5.41, 5.74) is 0. The molecule has 0 saturated heterocycles. The zero-order valence-electron chi connectivity index (χ0n) is 8.28. The topological polar surface area (TPSA) is 0 Å². The first-order valence-electron chi connectivity index (χ1n) is 4.58. The van der Waals surface area contributed by atoms with Crippen molar-refractivity contribution in [3.05, 3.63) is 6.42 Å². The van der Waals surface area contributed by atoms with Crippen molar-refractivity contribution in [3.63, 3.8) is 0 Å². The van der Waals surface area contributed by atoms with Gasteiger partial charge in [-0.1, -0.05) is 26.7 Å². The third-order valence-electron chi connectivity index (χ3n) is 1.86. The van der Waals surface area contributed by atoms with Crippen LogP contribution < -0.4 is 0 Å². The average molecular weight is 161 g/mol. The average Bonchev–Trinajstić information content (AvgIpc) is 2.04. The molecule has 0 bridgehead atoms. The van der Waals surface area contributed by atoms with Crippen LogP contribution in [0.5, 0.6) is 0 Å². The van der Waals surface area contributed by atoms with Gasteiger partial charge in [-0.05, 0) is 18.8 Å². The Morgan fingerprint density at radius 1 is 1.25 bits per heavy atom. The molecule has 0 rings (SSSR count). The van der Waals surface area contributed by atoms with E-state index in [1.165, 1.54) is 0 Å². The van der Waals surface area contributed by atoms with Crippen molar-refractivity contribution in [2.75, 3.05) is 0 Å². The van der Waals surface area contributed by atoms with E-state index in [0.717, 1.165) is 19.3 Å². The van der Waals surface area contributed by atoms with Gasteiger partial charge in [0.1, 0.15) is 0 Å². The van der Waals surface area contributed by atoms with Crippen LogP contribution in [0.2, 0.25) is 0 Å². The van der Waals surface area contributed by atoms with E-state index in [0.29, 0.717) is 11.8 Å². The van der Waals surface area contributed by atoms with Crippen molar-refractivity contribution in [2.24, 2.45) is 11.8 Å². The molecule has 2 atom stereocenters. The molecule has 0 N–H and O–H groups in total. The molecule has 0 aromatic rings. The Morgan fingerprint density at radius 2 is 1.92 bits per heavy atom. The van der Waals surface area contributed by atoms with E-state index < -0.39 is 0 Å². The molecule has 0 aliphatic heterocycles. The van der Waals surface area contributed by atoms with E-state index in [9.17, 15) is 0 Å². The third kappa shape index (κ3) is 5.87. The lowest BCUT2D eigenvalue weighted by molar-refractivity contribution is 0.621. The van der Waals surface area contributed by atoms with Crippen molar-refractivity contribution in [2.45, 2.75) is 40.0 Å². The highest BCUT2D eigenvalue weighted by Gasteiger charge is 1.96. The summed E-state index contributed by atoms with van der Waals surface area (Å²) in [6.07, 6.45) is 9.54. The summed E-state index contributed by atoms with van der Waals surface area (Å²) in [5, 5.41) is 0. The second-order valence-corrected chi connectivity index (χ2v) is 3.32. The highest BCUT2D eigenvalue weighted by Crippen LogP contribution is 2.05. The molecule has 0 aliphatic rings. The maximum absolute atomic E-state index is 6.79. The van der Waals surface area contributed by atoms with Crippen LogP contribution in [0.4, 0.5) is 0 Å². The quantitative estimate of drug-likeness (QED) is 0.558. The largest absolute Gasteiger partial charge is 0.103 e. The van der Waals surface area contributed by atoms with Gasteiger partial charge >= 0.3 is 0 Å². The fraction of sp³-hybridized carbons (Fsp3) is 0.667. The normalized spacial score (nSPS) is 13.8. The highest BCUT2D eigenvalue weighted by molar-refractivity contribution is 5.03. The molecule has 65 valence electrons. The maximum atomic E-state index is 6.79. The Morgan fingerprint density at radius 3 is 2.42 bits per heavy atom. The van der Waals surface area contributed by atoms with Gasteiger partial charge in [0.25, 0.3) is 0 Å². The van der Waals surface area contributed by atoms with Gasteiger partial charge in [-0.2, -0.15) is 0 Å².